The van der Waals surface area contributed by atoms with Gasteiger partial charge < -0.3 is 44.1 Å². The van der Waals surface area contributed by atoms with Crippen LogP contribution < -0.4 is 0 Å². The minimum absolute atomic E-state index is 0.0717. The van der Waals surface area contributed by atoms with Crippen LogP contribution in [0.1, 0.15) is 92.9 Å². The Balaban J connectivity index is 1.59. The molecule has 14 atom stereocenters. The Hall–Kier alpha value is -2.19. The SMILES string of the molecule is COC(=O)/C=C1\C[C@@H]2O[C@](O)(C1)[C@@H](C)C(=O)OC1C[C@H](C=C(C)C)O[C@H](C[C@@]3(O)O[C@@H](CC[C@@H]2O)[C@H](C)[C@@]2(O)CC[C@H](C)C(=O)[C@@H]23)[C@@H]1C. The van der Waals surface area contributed by atoms with Crippen LogP contribution in [-0.4, -0.2) is 99.1 Å². The second kappa shape index (κ2) is 13.8. The van der Waals surface area contributed by atoms with Gasteiger partial charge in [-0.15, -0.1) is 0 Å². The van der Waals surface area contributed by atoms with Gasteiger partial charge in [0, 0.05) is 43.1 Å². The van der Waals surface area contributed by atoms with E-state index in [-0.39, 0.29) is 50.2 Å². The molecule has 5 rings (SSSR count). The summed E-state index contributed by atoms with van der Waals surface area (Å²) < 4.78 is 30.0. The molecule has 4 saturated heterocycles. The number of aliphatic hydroxyl groups excluding tert-OH is 1. The molecule has 5 aliphatic rings. The zero-order valence-corrected chi connectivity index (χ0v) is 29.2. The molecule has 5 fully saturated rings. The van der Waals surface area contributed by atoms with E-state index >= 15 is 0 Å². The molecule has 4 aliphatic heterocycles. The van der Waals surface area contributed by atoms with Crippen LogP contribution in [0, 0.1) is 29.6 Å². The summed E-state index contributed by atoms with van der Waals surface area (Å²) in [6.07, 6.45) is -0.695. The molecule has 0 aromatic carbocycles. The summed E-state index contributed by atoms with van der Waals surface area (Å²) in [6.45, 7) is 10.8. The molecular weight excluding hydrogens is 624 g/mol. The maximum Gasteiger partial charge on any atom is 0.330 e. The fourth-order valence-corrected chi connectivity index (χ4v) is 8.60. The van der Waals surface area contributed by atoms with Crippen molar-refractivity contribution in [3.8, 4) is 0 Å². The number of carbonyl (C=O) groups is 3. The first-order valence-corrected chi connectivity index (χ1v) is 17.4. The van der Waals surface area contributed by atoms with E-state index in [1.807, 2.05) is 26.8 Å². The van der Waals surface area contributed by atoms with Crippen LogP contribution in [0.25, 0.3) is 0 Å². The van der Waals surface area contributed by atoms with Crippen LogP contribution in [0.2, 0.25) is 0 Å². The summed E-state index contributed by atoms with van der Waals surface area (Å²) in [5.74, 6) is -9.72. The number of hydrogen-bond donors (Lipinski definition) is 4. The van der Waals surface area contributed by atoms with Crippen molar-refractivity contribution in [3.63, 3.8) is 0 Å². The molecule has 1 aliphatic carbocycles. The van der Waals surface area contributed by atoms with Crippen molar-refractivity contribution >= 4 is 17.7 Å². The van der Waals surface area contributed by atoms with E-state index in [1.165, 1.54) is 20.1 Å². The van der Waals surface area contributed by atoms with Crippen LogP contribution in [-0.2, 0) is 38.1 Å². The van der Waals surface area contributed by atoms with Gasteiger partial charge in [-0.2, -0.15) is 0 Å². The van der Waals surface area contributed by atoms with E-state index in [4.69, 9.17) is 23.7 Å². The number of hydrogen-bond acceptors (Lipinski definition) is 12. The highest BCUT2D eigenvalue weighted by Gasteiger charge is 2.65. The van der Waals surface area contributed by atoms with Crippen molar-refractivity contribution < 1.29 is 58.5 Å². The molecule has 270 valence electrons. The summed E-state index contributed by atoms with van der Waals surface area (Å²) in [5.41, 5.74) is -0.165. The summed E-state index contributed by atoms with van der Waals surface area (Å²) >= 11 is 0. The topological polar surface area (TPSA) is 178 Å². The first-order chi connectivity index (χ1) is 22.4. The van der Waals surface area contributed by atoms with Crippen molar-refractivity contribution in [1.82, 2.24) is 0 Å². The normalized spacial score (nSPS) is 47.8. The Morgan fingerprint density at radius 2 is 1.62 bits per heavy atom. The molecule has 1 saturated carbocycles. The summed E-state index contributed by atoms with van der Waals surface area (Å²) in [5, 5.41) is 48.0. The maximum atomic E-state index is 13.8. The molecule has 0 spiro atoms. The van der Waals surface area contributed by atoms with E-state index in [0.29, 0.717) is 18.4 Å². The lowest BCUT2D eigenvalue weighted by Gasteiger charge is -2.58. The Morgan fingerprint density at radius 3 is 2.29 bits per heavy atom. The van der Waals surface area contributed by atoms with Crippen molar-refractivity contribution in [3.05, 3.63) is 23.3 Å². The predicted octanol–water partition coefficient (Wildman–Crippen LogP) is 2.88. The number of allylic oxidation sites excluding steroid dienone is 1. The van der Waals surface area contributed by atoms with E-state index in [1.54, 1.807) is 13.8 Å². The van der Waals surface area contributed by atoms with E-state index in [9.17, 15) is 34.8 Å². The van der Waals surface area contributed by atoms with Crippen LogP contribution in [0.15, 0.2) is 23.3 Å². The van der Waals surface area contributed by atoms with E-state index in [0.717, 1.165) is 5.57 Å². The Kier molecular flexibility index (Phi) is 10.7. The zero-order chi connectivity index (χ0) is 35.3. The standard InChI is InChI=1S/C36H54O12/c1-18(2)12-24-15-27-20(4)29(45-24)17-36(43)32-31(39)19(3)10-11-34(32,41)21(5)26(47-36)9-8-25(37)28-13-23(14-30(38)44-7)16-35(42,48-28)22(6)33(40)46-27/h12,14,19-22,24-29,32,37,41-43H,8-11,13,15-17H2,1-7H3/b23-14+/t19-,20+,21-,22-,24-,25-,26-,27?,28-,29+,32-,34-,35+,36+/m0/s1. The summed E-state index contributed by atoms with van der Waals surface area (Å²) in [4.78, 5) is 39.8. The molecule has 12 nitrogen and oxygen atoms in total. The lowest BCUT2D eigenvalue weighted by atomic mass is 9.58. The molecule has 0 aromatic heterocycles. The molecular formula is C36H54O12. The van der Waals surface area contributed by atoms with Gasteiger partial charge in [-0.05, 0) is 52.9 Å². The Bertz CT molecular complexity index is 1310. The molecule has 0 radical (unpaired) electrons. The van der Waals surface area contributed by atoms with Gasteiger partial charge in [0.2, 0.25) is 0 Å². The van der Waals surface area contributed by atoms with Crippen molar-refractivity contribution in [2.75, 3.05) is 7.11 Å². The van der Waals surface area contributed by atoms with Crippen molar-refractivity contribution in [2.24, 2.45) is 29.6 Å². The number of aliphatic hydroxyl groups is 4. The number of esters is 2. The van der Waals surface area contributed by atoms with Gasteiger partial charge in [0.15, 0.2) is 11.6 Å². The Morgan fingerprint density at radius 1 is 0.938 bits per heavy atom. The summed E-state index contributed by atoms with van der Waals surface area (Å²) in [7, 11) is 1.23. The second-order valence-corrected chi connectivity index (χ2v) is 15.4. The highest BCUT2D eigenvalue weighted by atomic mass is 16.6. The minimum atomic E-state index is -2.11. The van der Waals surface area contributed by atoms with Gasteiger partial charge in [0.05, 0.1) is 43.2 Å². The number of carbonyl (C=O) groups excluding carboxylic acids is 3. The van der Waals surface area contributed by atoms with Gasteiger partial charge in [0.25, 0.3) is 0 Å². The number of ketones is 1. The van der Waals surface area contributed by atoms with Gasteiger partial charge in [0.1, 0.15) is 23.7 Å². The number of fused-ring (bicyclic) bond motifs is 8. The highest BCUT2D eigenvalue weighted by molar-refractivity contribution is 5.86. The first kappa shape index (κ1) is 37.1. The zero-order valence-electron chi connectivity index (χ0n) is 29.2. The average Bonchev–Trinajstić information content (AvgIpc) is 3.01. The third-order valence-electron chi connectivity index (χ3n) is 11.7. The van der Waals surface area contributed by atoms with Crippen LogP contribution in [0.5, 0.6) is 0 Å². The number of rotatable bonds is 2. The molecule has 6 bridgehead atoms. The number of methoxy groups -OCH3 is 1. The van der Waals surface area contributed by atoms with Crippen LogP contribution >= 0.6 is 0 Å². The quantitative estimate of drug-likeness (QED) is 0.191. The second-order valence-electron chi connectivity index (χ2n) is 15.4. The fraction of sp³-hybridized carbons (Fsp3) is 0.806. The number of ether oxygens (including phenoxy) is 5. The molecule has 0 aromatic rings. The largest absolute Gasteiger partial charge is 0.466 e. The van der Waals surface area contributed by atoms with Gasteiger partial charge in [-0.25, -0.2) is 4.79 Å². The molecule has 4 N–H and O–H groups in total. The molecule has 48 heavy (non-hydrogen) atoms. The predicted molar refractivity (Wildman–Crippen MR) is 171 cm³/mol. The fourth-order valence-electron chi connectivity index (χ4n) is 8.60. The molecule has 12 heteroatoms. The van der Waals surface area contributed by atoms with Gasteiger partial charge in [-0.1, -0.05) is 38.0 Å². The molecule has 4 heterocycles. The van der Waals surface area contributed by atoms with Crippen LogP contribution in [0.3, 0.4) is 0 Å². The lowest BCUT2D eigenvalue weighted by Crippen LogP contribution is -2.70. The van der Waals surface area contributed by atoms with Crippen LogP contribution in [0.4, 0.5) is 0 Å². The smallest absolute Gasteiger partial charge is 0.330 e. The molecule has 1 unspecified atom stereocenters. The van der Waals surface area contributed by atoms with Crippen molar-refractivity contribution in [2.45, 2.75) is 147 Å². The first-order valence-electron chi connectivity index (χ1n) is 17.4. The van der Waals surface area contributed by atoms with Crippen molar-refractivity contribution in [1.29, 1.82) is 0 Å². The lowest BCUT2D eigenvalue weighted by molar-refractivity contribution is -0.355. The van der Waals surface area contributed by atoms with E-state index in [2.05, 4.69) is 0 Å². The van der Waals surface area contributed by atoms with Gasteiger partial charge >= 0.3 is 11.9 Å². The number of Topliss-reactive ketones (excluding diaryl/α,β-unsaturated/α-hetero) is 1. The monoisotopic (exact) mass is 678 g/mol. The Labute approximate surface area is 282 Å². The van der Waals surface area contributed by atoms with Gasteiger partial charge in [-0.3, -0.25) is 9.59 Å². The highest BCUT2D eigenvalue weighted by Crippen LogP contribution is 2.54. The third kappa shape index (κ3) is 7.04. The summed E-state index contributed by atoms with van der Waals surface area (Å²) in [6, 6.07) is 0. The molecule has 0 amide bonds. The average molecular weight is 679 g/mol. The minimum Gasteiger partial charge on any atom is -0.466 e. The maximum absolute atomic E-state index is 13.8. The van der Waals surface area contributed by atoms with E-state index < -0.39 is 89.4 Å². The third-order valence-corrected chi connectivity index (χ3v) is 11.7.